The van der Waals surface area contributed by atoms with Crippen molar-refractivity contribution in [3.63, 3.8) is 0 Å². The monoisotopic (exact) mass is 194 g/mol. The molecule has 0 radical (unpaired) electrons. The van der Waals surface area contributed by atoms with Crippen LogP contribution < -0.4 is 5.73 Å². The van der Waals surface area contributed by atoms with Gasteiger partial charge in [-0.3, -0.25) is 4.98 Å². The lowest BCUT2D eigenvalue weighted by atomic mass is 10.1. The number of hydrogen-bond donors (Lipinski definition) is 1. The predicted molar refractivity (Wildman–Crippen MR) is 49.8 cm³/mol. The number of pyridine rings is 1. The van der Waals surface area contributed by atoms with E-state index >= 15 is 0 Å². The normalized spacial score (nSPS) is 17.4. The third-order valence-corrected chi connectivity index (χ3v) is 2.12. The van der Waals surface area contributed by atoms with Crippen molar-refractivity contribution in [3.05, 3.63) is 41.7 Å². The molecule has 0 aromatic carbocycles. The van der Waals surface area contributed by atoms with Crippen molar-refractivity contribution in [2.75, 3.05) is 6.61 Å². The van der Waals surface area contributed by atoms with Crippen LogP contribution in [-0.2, 0) is 4.74 Å². The lowest BCUT2D eigenvalue weighted by Gasteiger charge is -2.12. The maximum atomic E-state index is 12.8. The number of rotatable bonds is 2. The second-order valence-electron chi connectivity index (χ2n) is 3.16. The zero-order chi connectivity index (χ0) is 9.97. The third-order valence-electron chi connectivity index (χ3n) is 2.12. The summed E-state index contributed by atoms with van der Waals surface area (Å²) in [5.74, 6) is 0.328. The number of aromatic nitrogens is 1. The molecule has 0 fully saturated rings. The van der Waals surface area contributed by atoms with Crippen LogP contribution in [-0.4, -0.2) is 11.6 Å². The Bertz CT molecular complexity index is 365. The number of hydrogen-bond acceptors (Lipinski definition) is 3. The quantitative estimate of drug-likeness (QED) is 0.776. The Balaban J connectivity index is 2.22. The van der Waals surface area contributed by atoms with E-state index in [4.69, 9.17) is 10.5 Å². The fourth-order valence-corrected chi connectivity index (χ4v) is 1.42. The fraction of sp³-hybridized carbons (Fsp3) is 0.300. The van der Waals surface area contributed by atoms with E-state index in [0.29, 0.717) is 17.9 Å². The first-order valence-electron chi connectivity index (χ1n) is 4.46. The van der Waals surface area contributed by atoms with Crippen LogP contribution in [0.2, 0.25) is 0 Å². The van der Waals surface area contributed by atoms with Gasteiger partial charge in [-0.1, -0.05) is 0 Å². The third kappa shape index (κ3) is 1.75. The number of halogens is 1. The summed E-state index contributed by atoms with van der Waals surface area (Å²) >= 11 is 0. The summed E-state index contributed by atoms with van der Waals surface area (Å²) in [4.78, 5) is 3.74. The highest BCUT2D eigenvalue weighted by molar-refractivity contribution is 5.23. The van der Waals surface area contributed by atoms with Crippen LogP contribution in [0, 0.1) is 5.82 Å². The first-order valence-corrected chi connectivity index (χ1v) is 4.46. The minimum Gasteiger partial charge on any atom is -0.496 e. The average Bonchev–Trinajstić information content (AvgIpc) is 2.69. The molecule has 0 spiro atoms. The maximum Gasteiger partial charge on any atom is 0.141 e. The van der Waals surface area contributed by atoms with Gasteiger partial charge in [-0.05, 0) is 17.7 Å². The molecule has 74 valence electrons. The zero-order valence-corrected chi connectivity index (χ0v) is 7.61. The minimum absolute atomic E-state index is 0.378. The Morgan fingerprint density at radius 2 is 2.36 bits per heavy atom. The van der Waals surface area contributed by atoms with E-state index in [9.17, 15) is 4.39 Å². The fourth-order valence-electron chi connectivity index (χ4n) is 1.42. The summed E-state index contributed by atoms with van der Waals surface area (Å²) in [5, 5.41) is 0. The molecular weight excluding hydrogens is 183 g/mol. The van der Waals surface area contributed by atoms with Gasteiger partial charge in [0.1, 0.15) is 11.6 Å². The minimum atomic E-state index is -0.402. The van der Waals surface area contributed by atoms with Crippen LogP contribution in [0.1, 0.15) is 18.0 Å². The number of nitrogens with zero attached hydrogens (tertiary/aromatic N) is 1. The Hall–Kier alpha value is -1.42. The summed E-state index contributed by atoms with van der Waals surface area (Å²) in [6.45, 7) is 0.659. The summed E-state index contributed by atoms with van der Waals surface area (Å²) < 4.78 is 18.1. The molecular formula is C10H11FN2O. The van der Waals surface area contributed by atoms with E-state index in [1.165, 1.54) is 6.07 Å². The van der Waals surface area contributed by atoms with E-state index in [-0.39, 0.29) is 5.82 Å². The summed E-state index contributed by atoms with van der Waals surface area (Å²) in [6.07, 6.45) is 5.50. The van der Waals surface area contributed by atoms with Gasteiger partial charge in [0.2, 0.25) is 0 Å². The molecule has 0 bridgehead atoms. The van der Waals surface area contributed by atoms with E-state index in [1.807, 2.05) is 6.08 Å². The molecule has 1 aliphatic rings. The van der Waals surface area contributed by atoms with Crippen molar-refractivity contribution in [2.45, 2.75) is 12.5 Å². The maximum absolute atomic E-state index is 12.8. The lowest BCUT2D eigenvalue weighted by Crippen LogP contribution is -2.14. The topological polar surface area (TPSA) is 48.1 Å². The van der Waals surface area contributed by atoms with Crippen molar-refractivity contribution < 1.29 is 9.13 Å². The van der Waals surface area contributed by atoms with Crippen LogP contribution in [0.3, 0.4) is 0 Å². The highest BCUT2D eigenvalue weighted by Gasteiger charge is 2.17. The molecule has 0 saturated carbocycles. The van der Waals surface area contributed by atoms with Crippen LogP contribution in [0.15, 0.2) is 30.3 Å². The van der Waals surface area contributed by atoms with E-state index in [0.717, 1.165) is 12.6 Å². The number of ether oxygens (including phenoxy) is 1. The van der Waals surface area contributed by atoms with Crippen LogP contribution >= 0.6 is 0 Å². The van der Waals surface area contributed by atoms with Crippen molar-refractivity contribution >= 4 is 0 Å². The second-order valence-corrected chi connectivity index (χ2v) is 3.16. The van der Waals surface area contributed by atoms with Crippen LogP contribution in [0.25, 0.3) is 0 Å². The summed E-state index contributed by atoms with van der Waals surface area (Å²) in [5.41, 5.74) is 6.51. The first kappa shape index (κ1) is 9.15. The molecule has 1 aliphatic heterocycles. The molecule has 2 rings (SSSR count). The molecule has 2 N–H and O–H groups in total. The highest BCUT2D eigenvalue weighted by Crippen LogP contribution is 2.23. The van der Waals surface area contributed by atoms with Crippen molar-refractivity contribution in [3.8, 4) is 0 Å². The molecule has 1 unspecified atom stereocenters. The van der Waals surface area contributed by atoms with E-state index < -0.39 is 6.04 Å². The van der Waals surface area contributed by atoms with Crippen LogP contribution in [0.5, 0.6) is 0 Å². The van der Waals surface area contributed by atoms with Crippen molar-refractivity contribution in [1.82, 2.24) is 4.98 Å². The number of nitrogens with two attached hydrogens (primary N) is 1. The Morgan fingerprint density at radius 1 is 1.50 bits per heavy atom. The Labute approximate surface area is 81.4 Å². The molecule has 1 aromatic heterocycles. The molecule has 1 atom stereocenters. The first-order chi connectivity index (χ1) is 6.77. The van der Waals surface area contributed by atoms with Gasteiger partial charge in [-0.2, -0.15) is 0 Å². The van der Waals surface area contributed by atoms with Gasteiger partial charge in [0.05, 0.1) is 18.8 Å². The van der Waals surface area contributed by atoms with Crippen molar-refractivity contribution in [1.29, 1.82) is 0 Å². The van der Waals surface area contributed by atoms with E-state index in [1.54, 1.807) is 6.20 Å². The van der Waals surface area contributed by atoms with Gasteiger partial charge in [0.15, 0.2) is 0 Å². The Morgan fingerprint density at radius 3 is 3.00 bits per heavy atom. The van der Waals surface area contributed by atoms with Crippen molar-refractivity contribution in [2.24, 2.45) is 5.73 Å². The largest absolute Gasteiger partial charge is 0.496 e. The molecule has 0 saturated heterocycles. The van der Waals surface area contributed by atoms with E-state index in [2.05, 4.69) is 4.98 Å². The predicted octanol–water partition coefficient (Wildman–Crippen LogP) is 1.52. The van der Waals surface area contributed by atoms with Gasteiger partial charge in [-0.15, -0.1) is 0 Å². The van der Waals surface area contributed by atoms with Gasteiger partial charge >= 0.3 is 0 Å². The SMILES string of the molecule is NC(C1=CCCO1)c1cncc(F)c1. The molecule has 4 heteroatoms. The Kier molecular flexibility index (Phi) is 2.45. The highest BCUT2D eigenvalue weighted by atomic mass is 19.1. The standard InChI is InChI=1S/C10H11FN2O/c11-8-4-7(5-13-6-8)10(12)9-2-1-3-14-9/h2,4-6,10H,1,3,12H2. The van der Waals surface area contributed by atoms with Gasteiger partial charge < -0.3 is 10.5 Å². The molecule has 3 nitrogen and oxygen atoms in total. The summed E-state index contributed by atoms with van der Waals surface area (Å²) in [7, 11) is 0. The smallest absolute Gasteiger partial charge is 0.141 e. The van der Waals surface area contributed by atoms with Gasteiger partial charge in [-0.25, -0.2) is 4.39 Å². The van der Waals surface area contributed by atoms with Gasteiger partial charge in [0.25, 0.3) is 0 Å². The molecule has 2 heterocycles. The lowest BCUT2D eigenvalue weighted by molar-refractivity contribution is 0.225. The molecule has 0 aliphatic carbocycles. The summed E-state index contributed by atoms with van der Waals surface area (Å²) in [6, 6.07) is 0.973. The molecule has 0 amide bonds. The molecule has 1 aromatic rings. The second kappa shape index (κ2) is 3.75. The van der Waals surface area contributed by atoms with Gasteiger partial charge in [0, 0.05) is 12.6 Å². The van der Waals surface area contributed by atoms with Crippen LogP contribution in [0.4, 0.5) is 4.39 Å². The average molecular weight is 194 g/mol. The molecule has 14 heavy (non-hydrogen) atoms. The zero-order valence-electron chi connectivity index (χ0n) is 7.61.